The first-order valence-corrected chi connectivity index (χ1v) is 9.78. The Hall–Kier alpha value is -0.610. The second kappa shape index (κ2) is 6.36. The Balaban J connectivity index is 1.29. The first-order valence-electron chi connectivity index (χ1n) is 9.78. The number of nitrogens with zero attached hydrogens (tertiary/aromatic N) is 2. The highest BCUT2D eigenvalue weighted by molar-refractivity contribution is 5.78. The summed E-state index contributed by atoms with van der Waals surface area (Å²) in [6, 6.07) is 0. The van der Waals surface area contributed by atoms with Crippen molar-refractivity contribution in [3.8, 4) is 0 Å². The lowest BCUT2D eigenvalue weighted by Gasteiger charge is -2.48. The maximum atomic E-state index is 12.4. The first-order chi connectivity index (χ1) is 11.1. The van der Waals surface area contributed by atoms with Crippen LogP contribution in [-0.2, 0) is 4.79 Å². The van der Waals surface area contributed by atoms with Crippen molar-refractivity contribution in [1.29, 1.82) is 0 Å². The van der Waals surface area contributed by atoms with E-state index in [-0.39, 0.29) is 5.91 Å². The fourth-order valence-electron chi connectivity index (χ4n) is 6.14. The summed E-state index contributed by atoms with van der Waals surface area (Å²) < 4.78 is 0. The van der Waals surface area contributed by atoms with Crippen LogP contribution in [0.5, 0.6) is 0 Å². The van der Waals surface area contributed by atoms with E-state index in [1.807, 2.05) is 0 Å². The monoisotopic (exact) mass is 319 g/mol. The number of hydrogen-bond acceptors (Lipinski definition) is 3. The Morgan fingerprint density at radius 1 is 1.00 bits per heavy atom. The Kier molecular flexibility index (Phi) is 4.39. The van der Waals surface area contributed by atoms with Crippen LogP contribution in [0, 0.1) is 23.2 Å². The highest BCUT2D eigenvalue weighted by atomic mass is 16.2. The minimum atomic E-state index is 0.254. The minimum absolute atomic E-state index is 0.254. The first kappa shape index (κ1) is 15.9. The maximum Gasteiger partial charge on any atom is 0.234 e. The zero-order valence-corrected chi connectivity index (χ0v) is 14.7. The van der Waals surface area contributed by atoms with Gasteiger partial charge in [-0.1, -0.05) is 12.8 Å². The van der Waals surface area contributed by atoms with Gasteiger partial charge >= 0.3 is 0 Å². The summed E-state index contributed by atoms with van der Waals surface area (Å²) in [4.78, 5) is 17.1. The van der Waals surface area contributed by atoms with Crippen LogP contribution in [-0.4, -0.2) is 62.0 Å². The number of carbonyl (C=O) groups excluding carboxylic acids is 1. The van der Waals surface area contributed by atoms with Crippen LogP contribution in [0.4, 0.5) is 0 Å². The molecule has 0 aromatic carbocycles. The van der Waals surface area contributed by atoms with E-state index in [4.69, 9.17) is 0 Å². The van der Waals surface area contributed by atoms with Gasteiger partial charge in [-0.25, -0.2) is 0 Å². The molecule has 0 aromatic rings. The average molecular weight is 319 g/mol. The van der Waals surface area contributed by atoms with Crippen molar-refractivity contribution in [2.75, 3.05) is 46.3 Å². The molecule has 1 saturated heterocycles. The average Bonchev–Trinajstić information content (AvgIpc) is 2.74. The summed E-state index contributed by atoms with van der Waals surface area (Å²) in [6.45, 7) is 5.77. The van der Waals surface area contributed by atoms with Gasteiger partial charge in [-0.05, 0) is 62.3 Å². The third-order valence-electron chi connectivity index (χ3n) is 7.11. The topological polar surface area (TPSA) is 35.6 Å². The lowest BCUT2D eigenvalue weighted by Crippen LogP contribution is -2.50. The normalized spacial score (nSPS) is 41.0. The Labute approximate surface area is 141 Å². The van der Waals surface area contributed by atoms with Gasteiger partial charge in [0.2, 0.25) is 5.91 Å². The zero-order chi connectivity index (χ0) is 15.9. The largest absolute Gasteiger partial charge is 0.354 e. The number of carbonyl (C=O) groups is 1. The van der Waals surface area contributed by atoms with Gasteiger partial charge in [-0.3, -0.25) is 9.69 Å². The molecule has 0 radical (unpaired) electrons. The van der Waals surface area contributed by atoms with Gasteiger partial charge in [0.25, 0.3) is 0 Å². The van der Waals surface area contributed by atoms with Crippen LogP contribution in [0.25, 0.3) is 0 Å². The predicted molar refractivity (Wildman–Crippen MR) is 92.2 cm³/mol. The summed E-state index contributed by atoms with van der Waals surface area (Å²) in [5.74, 6) is 3.13. The van der Waals surface area contributed by atoms with Gasteiger partial charge in [0, 0.05) is 32.7 Å². The molecule has 1 aliphatic heterocycles. The van der Waals surface area contributed by atoms with E-state index in [0.29, 0.717) is 12.0 Å². The van der Waals surface area contributed by atoms with Crippen molar-refractivity contribution in [1.82, 2.24) is 15.1 Å². The van der Waals surface area contributed by atoms with Gasteiger partial charge in [0.1, 0.15) is 0 Å². The summed E-state index contributed by atoms with van der Waals surface area (Å²) in [6.07, 6.45) is 10.0. The molecule has 4 aliphatic carbocycles. The quantitative estimate of drug-likeness (QED) is 0.860. The number of fused-ring (bicyclic) bond motifs is 1. The third kappa shape index (κ3) is 3.58. The van der Waals surface area contributed by atoms with Gasteiger partial charge in [-0.15, -0.1) is 0 Å². The van der Waals surface area contributed by atoms with Crippen LogP contribution in [0.15, 0.2) is 0 Å². The highest BCUT2D eigenvalue weighted by Crippen LogP contribution is 2.57. The molecule has 4 saturated carbocycles. The summed E-state index contributed by atoms with van der Waals surface area (Å²) >= 11 is 0. The second-order valence-electron chi connectivity index (χ2n) is 9.12. The molecule has 1 heterocycles. The van der Waals surface area contributed by atoms with E-state index >= 15 is 0 Å². The van der Waals surface area contributed by atoms with Crippen LogP contribution in [0.2, 0.25) is 0 Å². The Morgan fingerprint density at radius 3 is 2.26 bits per heavy atom. The van der Waals surface area contributed by atoms with Gasteiger partial charge in [0.15, 0.2) is 0 Å². The predicted octanol–water partition coefficient (Wildman–Crippen LogP) is 1.96. The van der Waals surface area contributed by atoms with Crippen molar-refractivity contribution < 1.29 is 4.79 Å². The van der Waals surface area contributed by atoms with Crippen LogP contribution in [0.3, 0.4) is 0 Å². The number of hydrogen-bond donors (Lipinski definition) is 1. The molecule has 4 heteroatoms. The molecule has 0 aromatic heterocycles. The van der Waals surface area contributed by atoms with E-state index in [1.54, 1.807) is 0 Å². The van der Waals surface area contributed by atoms with E-state index in [1.165, 1.54) is 44.9 Å². The lowest BCUT2D eigenvalue weighted by atomic mass is 9.58. The summed E-state index contributed by atoms with van der Waals surface area (Å²) in [7, 11) is 2.16. The standard InChI is InChI=1S/C19H33N3O/c1-21-4-6-22(7-5-21)13-18(23)20-14-19-10-15-2-3-16(11-19)9-17(8-15)12-19/h15-17H,2-14H2,1H3,(H,20,23)/t15-,16-,17?,19?/m0/s1. The molecule has 1 amide bonds. The molecule has 4 bridgehead atoms. The van der Waals surface area contributed by atoms with Crippen LogP contribution < -0.4 is 5.32 Å². The zero-order valence-electron chi connectivity index (χ0n) is 14.7. The van der Waals surface area contributed by atoms with Crippen LogP contribution in [0.1, 0.15) is 44.9 Å². The summed E-state index contributed by atoms with van der Waals surface area (Å²) in [5.41, 5.74) is 0.449. The number of nitrogens with one attached hydrogen (secondary N) is 1. The molecule has 4 nitrogen and oxygen atoms in total. The van der Waals surface area contributed by atoms with Crippen LogP contribution >= 0.6 is 0 Å². The fraction of sp³-hybridized carbons (Fsp3) is 0.947. The van der Waals surface area contributed by atoms with Gasteiger partial charge < -0.3 is 10.2 Å². The Morgan fingerprint density at radius 2 is 1.61 bits per heavy atom. The Bertz CT molecular complexity index is 428. The smallest absolute Gasteiger partial charge is 0.234 e. The van der Waals surface area contributed by atoms with Crippen molar-refractivity contribution in [3.05, 3.63) is 0 Å². The molecular formula is C19H33N3O. The number of rotatable bonds is 4. The molecule has 0 spiro atoms. The van der Waals surface area contributed by atoms with Crippen molar-refractivity contribution in [2.45, 2.75) is 44.9 Å². The van der Waals surface area contributed by atoms with Crippen molar-refractivity contribution in [2.24, 2.45) is 23.2 Å². The van der Waals surface area contributed by atoms with E-state index in [0.717, 1.165) is 50.5 Å². The SMILES string of the molecule is CN1CCN(CC(=O)NCC23CC4C[C@H](CC[C@@H](C4)C2)C3)CC1. The number of likely N-dealkylation sites (N-methyl/N-ethyl adjacent to an activating group) is 1. The minimum Gasteiger partial charge on any atom is -0.354 e. The van der Waals surface area contributed by atoms with Gasteiger partial charge in [-0.2, -0.15) is 0 Å². The molecule has 0 unspecified atom stereocenters. The summed E-state index contributed by atoms with van der Waals surface area (Å²) in [5, 5.41) is 3.33. The van der Waals surface area contributed by atoms with E-state index in [9.17, 15) is 4.79 Å². The molecule has 1 N–H and O–H groups in total. The van der Waals surface area contributed by atoms with E-state index in [2.05, 4.69) is 22.2 Å². The molecule has 130 valence electrons. The van der Waals surface area contributed by atoms with Crippen molar-refractivity contribution >= 4 is 5.91 Å². The second-order valence-corrected chi connectivity index (χ2v) is 9.12. The molecule has 5 aliphatic rings. The van der Waals surface area contributed by atoms with E-state index < -0.39 is 0 Å². The highest BCUT2D eigenvalue weighted by Gasteiger charge is 2.48. The molecular weight excluding hydrogens is 286 g/mol. The third-order valence-corrected chi connectivity index (χ3v) is 7.11. The number of amides is 1. The van der Waals surface area contributed by atoms with Gasteiger partial charge in [0.05, 0.1) is 6.54 Å². The molecule has 2 atom stereocenters. The molecule has 5 rings (SSSR count). The molecule has 5 fully saturated rings. The fourth-order valence-corrected chi connectivity index (χ4v) is 6.14. The number of piperazine rings is 1. The van der Waals surface area contributed by atoms with Crippen molar-refractivity contribution in [3.63, 3.8) is 0 Å². The lowest BCUT2D eigenvalue weighted by molar-refractivity contribution is -0.123. The maximum absolute atomic E-state index is 12.4. The molecule has 23 heavy (non-hydrogen) atoms.